The number of hydrogen-bond donors (Lipinski definition) is 2. The van der Waals surface area contributed by atoms with Gasteiger partial charge in [-0.1, -0.05) is 35.1 Å². The first-order chi connectivity index (χ1) is 12.4. The molecule has 0 unspecified atom stereocenters. The molecular weight excluding hydrogens is 372 g/mol. The van der Waals surface area contributed by atoms with Crippen molar-refractivity contribution in [3.8, 4) is 5.88 Å². The lowest BCUT2D eigenvalue weighted by atomic mass is 10.0. The maximum atomic E-state index is 10.9. The van der Waals surface area contributed by atoms with Gasteiger partial charge in [-0.05, 0) is 32.9 Å². The van der Waals surface area contributed by atoms with Crippen LogP contribution in [0.3, 0.4) is 0 Å². The van der Waals surface area contributed by atoms with Crippen LogP contribution in [0.4, 0.5) is 0 Å². The van der Waals surface area contributed by atoms with E-state index in [1.807, 2.05) is 31.2 Å². The molecule has 1 aliphatic heterocycles. The van der Waals surface area contributed by atoms with Crippen molar-refractivity contribution < 1.29 is 14.7 Å². The molecule has 4 rings (SSSR count). The van der Waals surface area contributed by atoms with Crippen molar-refractivity contribution in [2.24, 2.45) is 0 Å². The van der Waals surface area contributed by atoms with E-state index in [1.54, 1.807) is 0 Å². The Kier molecular flexibility index (Phi) is 4.64. The van der Waals surface area contributed by atoms with E-state index in [4.69, 9.17) is 16.3 Å². The van der Waals surface area contributed by atoms with Gasteiger partial charge in [0.05, 0.1) is 0 Å². The fourth-order valence-corrected chi connectivity index (χ4v) is 5.13. The van der Waals surface area contributed by atoms with Gasteiger partial charge in [-0.2, -0.15) is 4.52 Å². The van der Waals surface area contributed by atoms with Crippen molar-refractivity contribution in [2.45, 2.75) is 39.0 Å². The number of hydrogen-bond acceptors (Lipinski definition) is 5. The van der Waals surface area contributed by atoms with E-state index in [0.717, 1.165) is 23.5 Å². The molecular formula is C18H22ClN4O2S+. The number of nitrogens with one attached hydrogen (secondary N) is 1. The SMILES string of the molecule is Cc1nc2sc([C@@H](c3ccc(Cl)cc3)[NH+]3C[C@@H](C)O[C@H](C)C3)c(O)n2n1. The third kappa shape index (κ3) is 3.20. The molecule has 3 aromatic rings. The topological polar surface area (TPSA) is 64.1 Å². The summed E-state index contributed by atoms with van der Waals surface area (Å²) in [5.74, 6) is 0.826. The van der Waals surface area contributed by atoms with E-state index in [2.05, 4.69) is 23.9 Å². The van der Waals surface area contributed by atoms with E-state index >= 15 is 0 Å². The number of quaternary nitrogens is 1. The number of aryl methyl sites for hydroxylation is 1. The summed E-state index contributed by atoms with van der Waals surface area (Å²) in [6, 6.07) is 7.84. The summed E-state index contributed by atoms with van der Waals surface area (Å²) in [7, 11) is 0. The predicted octanol–water partition coefficient (Wildman–Crippen LogP) is 2.24. The lowest BCUT2D eigenvalue weighted by Gasteiger charge is -2.37. The summed E-state index contributed by atoms with van der Waals surface area (Å²) >= 11 is 7.58. The number of rotatable bonds is 3. The Hall–Kier alpha value is -1.67. The molecule has 0 saturated carbocycles. The van der Waals surface area contributed by atoms with Crippen LogP contribution in [0.2, 0.25) is 5.02 Å². The van der Waals surface area contributed by atoms with Gasteiger partial charge >= 0.3 is 0 Å². The van der Waals surface area contributed by atoms with Crippen molar-refractivity contribution in [3.63, 3.8) is 0 Å². The third-order valence-corrected chi connectivity index (χ3v) is 6.08. The molecule has 6 nitrogen and oxygen atoms in total. The molecule has 0 spiro atoms. The molecule has 3 atom stereocenters. The molecule has 138 valence electrons. The largest absolute Gasteiger partial charge is 0.492 e. The zero-order chi connectivity index (χ0) is 18.4. The molecule has 0 bridgehead atoms. The Morgan fingerprint density at radius 3 is 2.54 bits per heavy atom. The molecule has 0 radical (unpaired) electrons. The molecule has 3 heterocycles. The van der Waals surface area contributed by atoms with Crippen molar-refractivity contribution in [3.05, 3.63) is 45.6 Å². The van der Waals surface area contributed by atoms with E-state index in [0.29, 0.717) is 15.8 Å². The van der Waals surface area contributed by atoms with E-state index < -0.39 is 0 Å². The van der Waals surface area contributed by atoms with Gasteiger partial charge in [0.15, 0.2) is 6.04 Å². The molecule has 2 N–H and O–H groups in total. The molecule has 1 saturated heterocycles. The van der Waals surface area contributed by atoms with Crippen LogP contribution in [0.25, 0.3) is 4.96 Å². The molecule has 8 heteroatoms. The van der Waals surface area contributed by atoms with Gasteiger partial charge in [-0.15, -0.1) is 5.10 Å². The highest BCUT2D eigenvalue weighted by atomic mass is 35.5. The molecule has 2 aromatic heterocycles. The lowest BCUT2D eigenvalue weighted by Crippen LogP contribution is -3.15. The van der Waals surface area contributed by atoms with E-state index in [-0.39, 0.29) is 24.1 Å². The van der Waals surface area contributed by atoms with Gasteiger partial charge in [0, 0.05) is 10.6 Å². The molecule has 1 aliphatic rings. The third-order valence-electron chi connectivity index (χ3n) is 4.74. The zero-order valence-corrected chi connectivity index (χ0v) is 16.5. The number of thiazole rings is 1. The molecule has 0 amide bonds. The highest BCUT2D eigenvalue weighted by Gasteiger charge is 2.37. The van der Waals surface area contributed by atoms with Crippen molar-refractivity contribution >= 4 is 27.9 Å². The number of benzene rings is 1. The number of aromatic nitrogens is 3. The standard InChI is InChI=1S/C18H21ClN4O2S/c1-10-8-22(9-11(2)25-10)15(13-4-6-14(19)7-5-13)16-17(24)23-18(26-16)20-12(3)21-23/h4-7,10-11,15,24H,8-9H2,1-3H3/p+1/t10-,11-,15-/m1/s1. The smallest absolute Gasteiger partial charge is 0.235 e. The number of ether oxygens (including phenoxy) is 1. The Morgan fingerprint density at radius 1 is 1.27 bits per heavy atom. The first-order valence-electron chi connectivity index (χ1n) is 8.73. The van der Waals surface area contributed by atoms with Crippen LogP contribution in [-0.4, -0.2) is 45.0 Å². The minimum Gasteiger partial charge on any atom is -0.492 e. The minimum absolute atomic E-state index is 0.0186. The predicted molar refractivity (Wildman–Crippen MR) is 101 cm³/mol. The van der Waals surface area contributed by atoms with Crippen LogP contribution >= 0.6 is 22.9 Å². The first-order valence-corrected chi connectivity index (χ1v) is 9.92. The van der Waals surface area contributed by atoms with Crippen LogP contribution in [0.15, 0.2) is 24.3 Å². The fourth-order valence-electron chi connectivity index (χ4n) is 3.81. The monoisotopic (exact) mass is 393 g/mol. The molecule has 0 aliphatic carbocycles. The Balaban J connectivity index is 1.82. The molecule has 26 heavy (non-hydrogen) atoms. The van der Waals surface area contributed by atoms with Crippen molar-refractivity contribution in [1.29, 1.82) is 0 Å². The highest BCUT2D eigenvalue weighted by molar-refractivity contribution is 7.17. The highest BCUT2D eigenvalue weighted by Crippen LogP contribution is 2.35. The molecule has 1 fully saturated rings. The summed E-state index contributed by atoms with van der Waals surface area (Å²) in [4.78, 5) is 7.36. The van der Waals surface area contributed by atoms with Crippen molar-refractivity contribution in [2.75, 3.05) is 13.1 Å². The maximum absolute atomic E-state index is 10.9. The second-order valence-corrected chi connectivity index (χ2v) is 8.40. The number of fused-ring (bicyclic) bond motifs is 1. The average Bonchev–Trinajstić information content (AvgIpc) is 3.07. The van der Waals surface area contributed by atoms with Gasteiger partial charge < -0.3 is 14.7 Å². The molecule has 1 aromatic carbocycles. The number of aromatic hydroxyl groups is 1. The summed E-state index contributed by atoms with van der Waals surface area (Å²) in [5.41, 5.74) is 1.11. The zero-order valence-electron chi connectivity index (χ0n) is 14.9. The van der Waals surface area contributed by atoms with Crippen molar-refractivity contribution in [1.82, 2.24) is 14.6 Å². The summed E-state index contributed by atoms with van der Waals surface area (Å²) in [6.07, 6.45) is 0.324. The van der Waals surface area contributed by atoms with Gasteiger partial charge in [0.2, 0.25) is 10.8 Å². The Bertz CT molecular complexity index is 913. The van der Waals surface area contributed by atoms with E-state index in [9.17, 15) is 5.11 Å². The van der Waals surface area contributed by atoms with E-state index in [1.165, 1.54) is 20.8 Å². The summed E-state index contributed by atoms with van der Waals surface area (Å²) in [5, 5.41) is 15.9. The normalized spacial score (nSPS) is 24.8. The second kappa shape index (κ2) is 6.81. The van der Waals surface area contributed by atoms with Crippen LogP contribution < -0.4 is 4.90 Å². The van der Waals surface area contributed by atoms with Crippen LogP contribution in [0.5, 0.6) is 5.88 Å². The summed E-state index contributed by atoms with van der Waals surface area (Å²) in [6.45, 7) is 7.75. The first kappa shape index (κ1) is 17.7. The Morgan fingerprint density at radius 2 is 1.92 bits per heavy atom. The van der Waals surface area contributed by atoms with Gasteiger partial charge in [-0.25, -0.2) is 4.98 Å². The maximum Gasteiger partial charge on any atom is 0.235 e. The van der Waals surface area contributed by atoms with Crippen LogP contribution in [0, 0.1) is 6.92 Å². The van der Waals surface area contributed by atoms with Crippen LogP contribution in [0.1, 0.15) is 36.2 Å². The average molecular weight is 394 g/mol. The minimum atomic E-state index is -0.0186. The Labute approximate surface area is 161 Å². The van der Waals surface area contributed by atoms with Crippen LogP contribution in [-0.2, 0) is 4.74 Å². The van der Waals surface area contributed by atoms with Gasteiger partial charge in [-0.3, -0.25) is 0 Å². The second-order valence-electron chi connectivity index (χ2n) is 6.95. The quantitative estimate of drug-likeness (QED) is 0.716. The lowest BCUT2D eigenvalue weighted by molar-refractivity contribution is -0.939. The van der Waals surface area contributed by atoms with Gasteiger partial charge in [0.1, 0.15) is 36.0 Å². The number of halogens is 1. The summed E-state index contributed by atoms with van der Waals surface area (Å²) < 4.78 is 7.45. The fraction of sp³-hybridized carbons (Fsp3) is 0.444. The number of morpholine rings is 1. The van der Waals surface area contributed by atoms with Gasteiger partial charge in [0.25, 0.3) is 0 Å². The number of nitrogens with zero attached hydrogens (tertiary/aromatic N) is 3.